The second kappa shape index (κ2) is 6.28. The van der Waals surface area contributed by atoms with Gasteiger partial charge in [0.05, 0.1) is 0 Å². The van der Waals surface area contributed by atoms with Crippen molar-refractivity contribution in [2.75, 3.05) is 5.32 Å². The van der Waals surface area contributed by atoms with E-state index in [1.807, 2.05) is 24.3 Å². The summed E-state index contributed by atoms with van der Waals surface area (Å²) in [7, 11) is 0. The van der Waals surface area contributed by atoms with E-state index in [1.54, 1.807) is 0 Å². The molecule has 0 aromatic heterocycles. The quantitative estimate of drug-likeness (QED) is 0.736. The normalized spacial score (nSPS) is 11.0. The maximum atomic E-state index is 10.1. The summed E-state index contributed by atoms with van der Waals surface area (Å²) in [5, 5.41) is 3.53. The molecule has 0 saturated heterocycles. The van der Waals surface area contributed by atoms with E-state index in [9.17, 15) is 4.79 Å². The van der Waals surface area contributed by atoms with Gasteiger partial charge >= 0.3 is 0 Å². The number of anilines is 1. The maximum Gasteiger partial charge on any atom is 0.293 e. The third-order valence-electron chi connectivity index (χ3n) is 3.28. The standard InChI is InChI=1S/C14H21NO2/c1-4-14(3,5-2)15-13-8-6-12(7-9-13)10-17-11-16/h6-9,11,15H,4-5,10H2,1-3H3. The molecule has 0 atom stereocenters. The van der Waals surface area contributed by atoms with Crippen LogP contribution in [0.4, 0.5) is 5.69 Å². The Bertz CT molecular complexity index is 342. The molecule has 1 aromatic rings. The highest BCUT2D eigenvalue weighted by Crippen LogP contribution is 2.21. The Labute approximate surface area is 103 Å². The van der Waals surface area contributed by atoms with Crippen LogP contribution in [-0.4, -0.2) is 12.0 Å². The molecule has 0 aliphatic carbocycles. The van der Waals surface area contributed by atoms with E-state index in [0.717, 1.165) is 24.1 Å². The summed E-state index contributed by atoms with van der Waals surface area (Å²) < 4.78 is 4.70. The number of hydrogen-bond donors (Lipinski definition) is 1. The zero-order valence-corrected chi connectivity index (χ0v) is 10.8. The van der Waals surface area contributed by atoms with Crippen LogP contribution in [-0.2, 0) is 16.1 Å². The molecule has 0 unspecified atom stereocenters. The summed E-state index contributed by atoms with van der Waals surface area (Å²) >= 11 is 0. The third-order valence-corrected chi connectivity index (χ3v) is 3.28. The van der Waals surface area contributed by atoms with Gasteiger partial charge in [0.15, 0.2) is 0 Å². The van der Waals surface area contributed by atoms with Crippen LogP contribution in [0.5, 0.6) is 0 Å². The lowest BCUT2D eigenvalue weighted by Crippen LogP contribution is -2.32. The molecule has 17 heavy (non-hydrogen) atoms. The molecule has 0 amide bonds. The molecule has 0 saturated carbocycles. The molecule has 3 heteroatoms. The van der Waals surface area contributed by atoms with Crippen molar-refractivity contribution in [3.63, 3.8) is 0 Å². The summed E-state index contributed by atoms with van der Waals surface area (Å²) in [6.45, 7) is 7.39. The molecule has 0 heterocycles. The lowest BCUT2D eigenvalue weighted by Gasteiger charge is -2.29. The molecule has 0 aliphatic heterocycles. The minimum absolute atomic E-state index is 0.140. The van der Waals surface area contributed by atoms with Crippen LogP contribution in [0.1, 0.15) is 39.2 Å². The van der Waals surface area contributed by atoms with Gasteiger partial charge in [0.1, 0.15) is 6.61 Å². The van der Waals surface area contributed by atoms with E-state index >= 15 is 0 Å². The fraction of sp³-hybridized carbons (Fsp3) is 0.500. The minimum atomic E-state index is 0.140. The zero-order valence-electron chi connectivity index (χ0n) is 10.8. The first-order valence-electron chi connectivity index (χ1n) is 6.06. The van der Waals surface area contributed by atoms with Gasteiger partial charge in [-0.15, -0.1) is 0 Å². The lowest BCUT2D eigenvalue weighted by atomic mass is 9.95. The summed E-state index contributed by atoms with van der Waals surface area (Å²) in [6.07, 6.45) is 2.17. The Morgan fingerprint density at radius 3 is 2.29 bits per heavy atom. The number of benzene rings is 1. The number of carbonyl (C=O) groups is 1. The Balaban J connectivity index is 2.64. The van der Waals surface area contributed by atoms with Crippen molar-refractivity contribution < 1.29 is 9.53 Å². The Hall–Kier alpha value is -1.51. The zero-order chi connectivity index (χ0) is 12.7. The van der Waals surface area contributed by atoms with Gasteiger partial charge in [-0.2, -0.15) is 0 Å². The third kappa shape index (κ3) is 4.10. The van der Waals surface area contributed by atoms with Gasteiger partial charge in [0.2, 0.25) is 0 Å². The Morgan fingerprint density at radius 2 is 1.82 bits per heavy atom. The van der Waals surface area contributed by atoms with Gasteiger partial charge in [-0.1, -0.05) is 26.0 Å². The highest BCUT2D eigenvalue weighted by molar-refractivity contribution is 5.47. The average Bonchev–Trinajstić information content (AvgIpc) is 2.38. The van der Waals surface area contributed by atoms with E-state index in [-0.39, 0.29) is 5.54 Å². The number of hydrogen-bond acceptors (Lipinski definition) is 3. The Morgan fingerprint density at radius 1 is 1.24 bits per heavy atom. The van der Waals surface area contributed by atoms with E-state index in [4.69, 9.17) is 4.74 Å². The highest BCUT2D eigenvalue weighted by atomic mass is 16.5. The van der Waals surface area contributed by atoms with Crippen molar-refractivity contribution in [1.29, 1.82) is 0 Å². The van der Waals surface area contributed by atoms with Crippen molar-refractivity contribution in [2.45, 2.75) is 45.8 Å². The maximum absolute atomic E-state index is 10.1. The van der Waals surface area contributed by atoms with Gasteiger partial charge in [-0.25, -0.2) is 0 Å². The molecular weight excluding hydrogens is 214 g/mol. The fourth-order valence-corrected chi connectivity index (χ4v) is 1.59. The van der Waals surface area contributed by atoms with Crippen LogP contribution in [0.25, 0.3) is 0 Å². The van der Waals surface area contributed by atoms with Gasteiger partial charge in [0.25, 0.3) is 6.47 Å². The first-order valence-corrected chi connectivity index (χ1v) is 6.06. The minimum Gasteiger partial charge on any atom is -0.463 e. The highest BCUT2D eigenvalue weighted by Gasteiger charge is 2.18. The molecule has 0 bridgehead atoms. The van der Waals surface area contributed by atoms with E-state index in [1.165, 1.54) is 0 Å². The van der Waals surface area contributed by atoms with E-state index in [0.29, 0.717) is 13.1 Å². The van der Waals surface area contributed by atoms with E-state index in [2.05, 4.69) is 26.1 Å². The van der Waals surface area contributed by atoms with Crippen LogP contribution >= 0.6 is 0 Å². The SMILES string of the molecule is CCC(C)(CC)Nc1ccc(COC=O)cc1. The molecule has 3 nitrogen and oxygen atoms in total. The topological polar surface area (TPSA) is 38.3 Å². The monoisotopic (exact) mass is 235 g/mol. The van der Waals surface area contributed by atoms with Crippen molar-refractivity contribution in [3.05, 3.63) is 29.8 Å². The predicted molar refractivity (Wildman–Crippen MR) is 69.9 cm³/mol. The molecular formula is C14H21NO2. The predicted octanol–water partition coefficient (Wildman–Crippen LogP) is 3.35. The molecule has 1 N–H and O–H groups in total. The average molecular weight is 235 g/mol. The molecule has 94 valence electrons. The van der Waals surface area contributed by atoms with Crippen molar-refractivity contribution >= 4 is 12.2 Å². The van der Waals surface area contributed by atoms with Crippen molar-refractivity contribution in [3.8, 4) is 0 Å². The lowest BCUT2D eigenvalue weighted by molar-refractivity contribution is -0.129. The molecule has 0 aliphatic rings. The van der Waals surface area contributed by atoms with Crippen LogP contribution in [0.2, 0.25) is 0 Å². The van der Waals surface area contributed by atoms with Gasteiger partial charge in [-0.05, 0) is 37.5 Å². The second-order valence-corrected chi connectivity index (χ2v) is 4.50. The molecule has 0 radical (unpaired) electrons. The number of ether oxygens (including phenoxy) is 1. The van der Waals surface area contributed by atoms with Crippen LogP contribution in [0.15, 0.2) is 24.3 Å². The summed E-state index contributed by atoms with van der Waals surface area (Å²) in [5.41, 5.74) is 2.24. The molecule has 1 rings (SSSR count). The summed E-state index contributed by atoms with van der Waals surface area (Å²) in [5.74, 6) is 0. The van der Waals surface area contributed by atoms with Crippen molar-refractivity contribution in [2.24, 2.45) is 0 Å². The van der Waals surface area contributed by atoms with Crippen LogP contribution in [0.3, 0.4) is 0 Å². The number of carbonyl (C=O) groups excluding carboxylic acids is 1. The summed E-state index contributed by atoms with van der Waals surface area (Å²) in [6, 6.07) is 7.98. The van der Waals surface area contributed by atoms with Gasteiger partial charge < -0.3 is 10.1 Å². The van der Waals surface area contributed by atoms with Gasteiger partial charge in [-0.3, -0.25) is 4.79 Å². The van der Waals surface area contributed by atoms with Crippen molar-refractivity contribution in [1.82, 2.24) is 0 Å². The van der Waals surface area contributed by atoms with E-state index < -0.39 is 0 Å². The largest absolute Gasteiger partial charge is 0.463 e. The number of nitrogens with one attached hydrogen (secondary N) is 1. The van der Waals surface area contributed by atoms with Gasteiger partial charge in [0, 0.05) is 11.2 Å². The second-order valence-electron chi connectivity index (χ2n) is 4.50. The number of rotatable bonds is 7. The molecule has 1 aromatic carbocycles. The van der Waals surface area contributed by atoms with Crippen LogP contribution < -0.4 is 5.32 Å². The first kappa shape index (κ1) is 13.6. The fourth-order valence-electron chi connectivity index (χ4n) is 1.59. The van der Waals surface area contributed by atoms with Crippen LogP contribution in [0, 0.1) is 0 Å². The summed E-state index contributed by atoms with van der Waals surface area (Å²) in [4.78, 5) is 10.1. The Kier molecular flexibility index (Phi) is 5.01. The first-order chi connectivity index (χ1) is 8.13. The smallest absolute Gasteiger partial charge is 0.293 e. The molecule has 0 fully saturated rings. The molecule has 0 spiro atoms.